The van der Waals surface area contributed by atoms with Crippen molar-refractivity contribution in [2.24, 2.45) is 0 Å². The Hall–Kier alpha value is -5.76. The van der Waals surface area contributed by atoms with E-state index in [0.29, 0.717) is 31.5 Å². The molecule has 7 aromatic rings. The number of likely N-dealkylation sites (tertiary alicyclic amines) is 1. The molecule has 7 nitrogen and oxygen atoms in total. The molecule has 1 N–H and O–H groups in total. The first-order chi connectivity index (χ1) is 26.1. The summed E-state index contributed by atoms with van der Waals surface area (Å²) in [6.45, 7) is 11.0. The summed E-state index contributed by atoms with van der Waals surface area (Å²) in [6.07, 6.45) is 4.80. The number of piperidine rings is 1. The Balaban J connectivity index is 1.25. The lowest BCUT2D eigenvalue weighted by molar-refractivity contribution is 0.0204. The second-order valence-corrected chi connectivity index (χ2v) is 15.7. The maximum absolute atomic E-state index is 16.0. The van der Waals surface area contributed by atoms with E-state index in [-0.39, 0.29) is 23.7 Å². The van der Waals surface area contributed by atoms with Gasteiger partial charge in [-0.25, -0.2) is 18.9 Å². The maximum Gasteiger partial charge on any atom is 0.410 e. The van der Waals surface area contributed by atoms with E-state index < -0.39 is 11.1 Å². The summed E-state index contributed by atoms with van der Waals surface area (Å²) in [5.41, 5.74) is 7.02. The van der Waals surface area contributed by atoms with E-state index in [1.54, 1.807) is 11.0 Å². The van der Waals surface area contributed by atoms with Gasteiger partial charge in [-0.05, 0) is 91.5 Å². The van der Waals surface area contributed by atoms with Crippen LogP contribution in [0.3, 0.4) is 0 Å². The minimum atomic E-state index is -0.824. The molecule has 54 heavy (non-hydrogen) atoms. The molecule has 0 bridgehead atoms. The molecule has 0 unspecified atom stereocenters. The highest BCUT2D eigenvalue weighted by molar-refractivity contribution is 5.99. The van der Waals surface area contributed by atoms with Gasteiger partial charge in [-0.15, -0.1) is 0 Å². The minimum Gasteiger partial charge on any atom is -0.444 e. The lowest BCUT2D eigenvalue weighted by Crippen LogP contribution is -2.41. The molecule has 8 rings (SSSR count). The summed E-state index contributed by atoms with van der Waals surface area (Å²) in [5, 5.41) is 7.09. The van der Waals surface area contributed by atoms with Crippen LogP contribution >= 0.6 is 0 Å². The smallest absolute Gasteiger partial charge is 0.410 e. The lowest BCUT2D eigenvalue weighted by Gasteiger charge is -2.36. The number of hydrogen-bond donors (Lipinski definition) is 1. The molecule has 274 valence electrons. The van der Waals surface area contributed by atoms with Crippen molar-refractivity contribution in [1.82, 2.24) is 24.6 Å². The number of nitrogens with one attached hydrogen (secondary N) is 1. The Labute approximate surface area is 315 Å². The molecular weight excluding hydrogens is 674 g/mol. The predicted octanol–water partition coefficient (Wildman–Crippen LogP) is 10.8. The molecule has 0 atom stereocenters. The molecule has 1 amide bonds. The molecule has 1 aliphatic rings. The van der Waals surface area contributed by atoms with Gasteiger partial charge in [0.15, 0.2) is 5.65 Å². The molecule has 1 fully saturated rings. The Bertz CT molecular complexity index is 2330. The molecule has 4 heterocycles. The number of carbonyl (C=O) groups is 1. The van der Waals surface area contributed by atoms with Crippen molar-refractivity contribution in [3.05, 3.63) is 155 Å². The lowest BCUT2D eigenvalue weighted by atomic mass is 9.77. The van der Waals surface area contributed by atoms with E-state index in [1.807, 2.05) is 63.5 Å². The van der Waals surface area contributed by atoms with Crippen LogP contribution < -0.4 is 0 Å². The Morgan fingerprint density at radius 1 is 0.833 bits per heavy atom. The van der Waals surface area contributed by atoms with Gasteiger partial charge < -0.3 is 14.6 Å². The summed E-state index contributed by atoms with van der Waals surface area (Å²) >= 11 is 0. The first kappa shape index (κ1) is 35.3. The third kappa shape index (κ3) is 6.13. The number of nitrogens with zero attached hydrogens (tertiary/aromatic N) is 4. The molecule has 8 heteroatoms. The number of rotatable bonds is 7. The second kappa shape index (κ2) is 13.9. The second-order valence-electron chi connectivity index (χ2n) is 15.7. The van der Waals surface area contributed by atoms with Gasteiger partial charge in [-0.3, -0.25) is 0 Å². The number of aromatic nitrogens is 4. The van der Waals surface area contributed by atoms with Gasteiger partial charge in [0.1, 0.15) is 17.0 Å². The van der Waals surface area contributed by atoms with Gasteiger partial charge in [-0.2, -0.15) is 5.10 Å². The van der Waals surface area contributed by atoms with Crippen molar-refractivity contribution in [2.75, 3.05) is 13.1 Å². The monoisotopic (exact) mass is 719 g/mol. The third-order valence-corrected chi connectivity index (χ3v) is 10.8. The van der Waals surface area contributed by atoms with Crippen LogP contribution in [-0.2, 0) is 10.3 Å². The van der Waals surface area contributed by atoms with E-state index >= 15 is 4.39 Å². The number of fused-ring (bicyclic) bond motifs is 2. The molecule has 3 aromatic heterocycles. The number of halogens is 1. The van der Waals surface area contributed by atoms with Crippen LogP contribution in [-0.4, -0.2) is 49.4 Å². The van der Waals surface area contributed by atoms with Crippen LogP contribution in [0.25, 0.3) is 33.2 Å². The Morgan fingerprint density at radius 3 is 1.94 bits per heavy atom. The summed E-state index contributed by atoms with van der Waals surface area (Å²) in [5.74, 6) is -0.0943. The number of ether oxygens (including phenoxy) is 1. The van der Waals surface area contributed by atoms with E-state index in [4.69, 9.17) is 14.8 Å². The predicted molar refractivity (Wildman–Crippen MR) is 213 cm³/mol. The average molecular weight is 720 g/mol. The van der Waals surface area contributed by atoms with Crippen LogP contribution in [0.15, 0.2) is 122 Å². The number of aromatic amines is 1. The molecular formula is C46H46FN5O2. The van der Waals surface area contributed by atoms with Crippen molar-refractivity contribution in [3.63, 3.8) is 0 Å². The van der Waals surface area contributed by atoms with Crippen LogP contribution in [0.5, 0.6) is 0 Å². The molecule has 0 spiro atoms. The van der Waals surface area contributed by atoms with Crippen molar-refractivity contribution in [2.45, 2.75) is 70.4 Å². The molecule has 0 saturated carbocycles. The van der Waals surface area contributed by atoms with E-state index in [1.165, 1.54) is 0 Å². The maximum atomic E-state index is 16.0. The van der Waals surface area contributed by atoms with E-state index in [9.17, 15) is 4.79 Å². The molecule has 1 saturated heterocycles. The number of amides is 1. The fraction of sp³-hybridized carbons (Fsp3) is 0.283. The standard InChI is InChI=1S/C46H46FN5O2/c1-30(2)41-37-27-36(31-22-25-51(26-23-31)44(53)54-45(3,4)5)39(47)28-40(37)50-42(41)35-21-24-48-43-38(35)29-49-52(43)46(32-15-9-6-10-16-32,33-17-11-7-12-18-33)34-19-13-8-14-20-34/h6-21,24,27-31,50H,22-23,25-26H2,1-5H3. The normalized spacial score (nSPS) is 14.3. The van der Waals surface area contributed by atoms with Crippen molar-refractivity contribution >= 4 is 28.0 Å². The number of benzene rings is 4. The SMILES string of the molecule is CC(C)c1c(-c2ccnc3c2cnn3C(c2ccccc2)(c2ccccc2)c2ccccc2)[nH]c2cc(F)c(C3CCN(C(=O)OC(C)(C)C)CC3)cc12. The fourth-order valence-electron chi connectivity index (χ4n) is 8.37. The number of carbonyl (C=O) groups excluding carboxylic acids is 1. The van der Waals surface area contributed by atoms with Crippen LogP contribution in [0, 0.1) is 5.82 Å². The van der Waals surface area contributed by atoms with Crippen LogP contribution in [0.1, 0.15) is 87.1 Å². The quantitative estimate of drug-likeness (QED) is 0.166. The van der Waals surface area contributed by atoms with Crippen LogP contribution in [0.2, 0.25) is 0 Å². The highest BCUT2D eigenvalue weighted by Crippen LogP contribution is 2.45. The molecule has 1 aliphatic heterocycles. The number of H-pyrrole nitrogens is 1. The van der Waals surface area contributed by atoms with Gasteiger partial charge in [0.05, 0.1) is 11.9 Å². The average Bonchev–Trinajstić information content (AvgIpc) is 3.78. The zero-order chi connectivity index (χ0) is 37.6. The van der Waals surface area contributed by atoms with Gasteiger partial charge >= 0.3 is 6.09 Å². The first-order valence-corrected chi connectivity index (χ1v) is 18.9. The highest BCUT2D eigenvalue weighted by atomic mass is 19.1. The zero-order valence-corrected chi connectivity index (χ0v) is 31.5. The van der Waals surface area contributed by atoms with Gasteiger partial charge in [0.25, 0.3) is 0 Å². The first-order valence-electron chi connectivity index (χ1n) is 18.9. The minimum absolute atomic E-state index is 0.000560. The largest absolute Gasteiger partial charge is 0.444 e. The van der Waals surface area contributed by atoms with Crippen LogP contribution in [0.4, 0.5) is 9.18 Å². The summed E-state index contributed by atoms with van der Waals surface area (Å²) in [7, 11) is 0. The molecule has 0 radical (unpaired) electrons. The zero-order valence-electron chi connectivity index (χ0n) is 31.5. The van der Waals surface area contributed by atoms with E-state index in [0.717, 1.165) is 55.4 Å². The summed E-state index contributed by atoms with van der Waals surface area (Å²) in [6, 6.07) is 37.1. The number of pyridine rings is 1. The number of hydrogen-bond acceptors (Lipinski definition) is 4. The van der Waals surface area contributed by atoms with Gasteiger partial charge in [0, 0.05) is 41.1 Å². The Morgan fingerprint density at radius 2 is 1.41 bits per heavy atom. The van der Waals surface area contributed by atoms with E-state index in [2.05, 4.69) is 96.3 Å². The fourth-order valence-corrected chi connectivity index (χ4v) is 8.37. The summed E-state index contributed by atoms with van der Waals surface area (Å²) in [4.78, 5) is 23.1. The Kier molecular flexibility index (Phi) is 9.08. The molecule has 0 aliphatic carbocycles. The van der Waals surface area contributed by atoms with Gasteiger partial charge in [0.2, 0.25) is 0 Å². The molecule has 4 aromatic carbocycles. The topological polar surface area (TPSA) is 76.0 Å². The van der Waals surface area contributed by atoms with Crippen molar-refractivity contribution in [1.29, 1.82) is 0 Å². The third-order valence-electron chi connectivity index (χ3n) is 10.8. The van der Waals surface area contributed by atoms with Crippen molar-refractivity contribution in [3.8, 4) is 11.3 Å². The van der Waals surface area contributed by atoms with Gasteiger partial charge in [-0.1, -0.05) is 105 Å². The summed E-state index contributed by atoms with van der Waals surface area (Å²) < 4.78 is 23.7. The highest BCUT2D eigenvalue weighted by Gasteiger charge is 2.41. The van der Waals surface area contributed by atoms with Crippen molar-refractivity contribution < 1.29 is 13.9 Å².